The average Bonchev–Trinajstić information content (AvgIpc) is 2.66. The quantitative estimate of drug-likeness (QED) is 0.626. The molecule has 0 spiro atoms. The first kappa shape index (κ1) is 19.6. The molecule has 5 nitrogen and oxygen atoms in total. The molecule has 0 radical (unpaired) electrons. The van der Waals surface area contributed by atoms with E-state index in [4.69, 9.17) is 0 Å². The average molecular weight is 399 g/mol. The van der Waals surface area contributed by atoms with Gasteiger partial charge in [0.25, 0.3) is 10.0 Å². The molecule has 0 aliphatic heterocycles. The topological polar surface area (TPSA) is 83.5 Å². The Kier molecular flexibility index (Phi) is 5.75. The summed E-state index contributed by atoms with van der Waals surface area (Å²) < 4.78 is 41.0. The highest BCUT2D eigenvalue weighted by Gasteiger charge is 2.18. The number of hydrogen-bond donors (Lipinski definition) is 2. The summed E-state index contributed by atoms with van der Waals surface area (Å²) in [6.45, 7) is 0. The van der Waals surface area contributed by atoms with E-state index in [1.807, 2.05) is 6.07 Å². The molecular weight excluding hydrogens is 381 g/mol. The Morgan fingerprint density at radius 3 is 2.39 bits per heavy atom. The number of aromatic carboxylic acids is 1. The molecule has 3 aromatic carbocycles. The molecule has 0 aliphatic carbocycles. The smallest absolute Gasteiger partial charge is 0.335 e. The Morgan fingerprint density at radius 1 is 0.929 bits per heavy atom. The molecule has 0 amide bonds. The Morgan fingerprint density at radius 2 is 1.64 bits per heavy atom. The van der Waals surface area contributed by atoms with E-state index in [-0.39, 0.29) is 5.56 Å². The molecule has 0 bridgehead atoms. The number of anilines is 1. The fraction of sp³-hybridized carbons (Fsp3) is 0.0952. The van der Waals surface area contributed by atoms with Crippen LogP contribution in [-0.4, -0.2) is 19.5 Å². The molecule has 0 heterocycles. The highest BCUT2D eigenvalue weighted by Crippen LogP contribution is 2.20. The minimum atomic E-state index is -4.05. The van der Waals surface area contributed by atoms with Crippen LogP contribution in [0.15, 0.2) is 77.7 Å². The zero-order valence-electron chi connectivity index (χ0n) is 14.8. The fourth-order valence-electron chi connectivity index (χ4n) is 2.89. The molecule has 3 aromatic rings. The van der Waals surface area contributed by atoms with Gasteiger partial charge in [-0.3, -0.25) is 4.72 Å². The number of carboxylic acid groups (broad SMARTS) is 1. The maximum atomic E-state index is 13.8. The second-order valence-electron chi connectivity index (χ2n) is 6.20. The van der Waals surface area contributed by atoms with Gasteiger partial charge in [0.15, 0.2) is 0 Å². The summed E-state index contributed by atoms with van der Waals surface area (Å²) in [6.07, 6.45) is 1.02. The number of carboxylic acids is 1. The standard InChI is InChI=1S/C21H18FNO4S/c22-19-10-3-4-11-20(19)28(26,27)23-17-8-5-6-15(14-17)12-13-16-7-1-2-9-18(16)21(24)25/h1-11,14,23H,12-13H2,(H,24,25). The lowest BCUT2D eigenvalue weighted by Crippen LogP contribution is -2.14. The van der Waals surface area contributed by atoms with Crippen molar-refractivity contribution in [2.75, 3.05) is 4.72 Å². The van der Waals surface area contributed by atoms with Crippen LogP contribution in [0.25, 0.3) is 0 Å². The first-order chi connectivity index (χ1) is 13.4. The lowest BCUT2D eigenvalue weighted by Gasteiger charge is -2.11. The second kappa shape index (κ2) is 8.22. The van der Waals surface area contributed by atoms with E-state index >= 15 is 0 Å². The van der Waals surface area contributed by atoms with Crippen molar-refractivity contribution in [3.63, 3.8) is 0 Å². The van der Waals surface area contributed by atoms with E-state index < -0.39 is 26.7 Å². The molecule has 28 heavy (non-hydrogen) atoms. The maximum Gasteiger partial charge on any atom is 0.335 e. The SMILES string of the molecule is O=C(O)c1ccccc1CCc1cccc(NS(=O)(=O)c2ccccc2F)c1. The number of hydrogen-bond acceptors (Lipinski definition) is 3. The van der Waals surface area contributed by atoms with Gasteiger partial charge in [-0.2, -0.15) is 0 Å². The van der Waals surface area contributed by atoms with Crippen LogP contribution in [0, 0.1) is 5.82 Å². The summed E-state index contributed by atoms with van der Waals surface area (Å²) in [5.74, 6) is -1.81. The second-order valence-corrected chi connectivity index (χ2v) is 7.85. The predicted octanol–water partition coefficient (Wildman–Crippen LogP) is 4.11. The van der Waals surface area contributed by atoms with Gasteiger partial charge in [0.2, 0.25) is 0 Å². The number of benzene rings is 3. The monoisotopic (exact) mass is 399 g/mol. The van der Waals surface area contributed by atoms with Crippen LogP contribution in [0.4, 0.5) is 10.1 Å². The third-order valence-corrected chi connectivity index (χ3v) is 5.65. The van der Waals surface area contributed by atoms with Crippen molar-refractivity contribution in [2.45, 2.75) is 17.7 Å². The molecule has 0 aliphatic rings. The first-order valence-corrected chi connectivity index (χ1v) is 10.0. The molecule has 3 rings (SSSR count). The summed E-state index contributed by atoms with van der Waals surface area (Å²) in [5, 5.41) is 9.26. The summed E-state index contributed by atoms with van der Waals surface area (Å²) in [5.41, 5.74) is 2.09. The highest BCUT2D eigenvalue weighted by molar-refractivity contribution is 7.92. The van der Waals surface area contributed by atoms with Crippen molar-refractivity contribution in [3.05, 3.63) is 95.3 Å². The predicted molar refractivity (Wildman–Crippen MR) is 104 cm³/mol. The van der Waals surface area contributed by atoms with Gasteiger partial charge in [0.1, 0.15) is 10.7 Å². The van der Waals surface area contributed by atoms with Gasteiger partial charge in [-0.15, -0.1) is 0 Å². The summed E-state index contributed by atoms with van der Waals surface area (Å²) >= 11 is 0. The Labute approximate surface area is 162 Å². The van der Waals surface area contributed by atoms with E-state index in [9.17, 15) is 22.7 Å². The van der Waals surface area contributed by atoms with Crippen molar-refractivity contribution >= 4 is 21.7 Å². The summed E-state index contributed by atoms with van der Waals surface area (Å²) in [7, 11) is -4.05. The minimum absolute atomic E-state index is 0.249. The lowest BCUT2D eigenvalue weighted by molar-refractivity contribution is 0.0695. The van der Waals surface area contributed by atoms with Gasteiger partial charge in [0, 0.05) is 5.69 Å². The van der Waals surface area contributed by atoms with Crippen molar-refractivity contribution in [2.24, 2.45) is 0 Å². The van der Waals surface area contributed by atoms with Crippen LogP contribution in [-0.2, 0) is 22.9 Å². The molecular formula is C21H18FNO4S. The molecule has 0 fully saturated rings. The van der Waals surface area contributed by atoms with E-state index in [1.165, 1.54) is 18.2 Å². The Balaban J connectivity index is 1.76. The van der Waals surface area contributed by atoms with Gasteiger partial charge in [-0.1, -0.05) is 42.5 Å². The highest BCUT2D eigenvalue weighted by atomic mass is 32.2. The Hall–Kier alpha value is -3.19. The van der Waals surface area contributed by atoms with Gasteiger partial charge >= 0.3 is 5.97 Å². The molecule has 2 N–H and O–H groups in total. The van der Waals surface area contributed by atoms with Crippen molar-refractivity contribution in [1.29, 1.82) is 0 Å². The lowest BCUT2D eigenvalue weighted by atomic mass is 10.00. The van der Waals surface area contributed by atoms with Gasteiger partial charge < -0.3 is 5.11 Å². The van der Waals surface area contributed by atoms with Crippen LogP contribution >= 0.6 is 0 Å². The maximum absolute atomic E-state index is 13.8. The number of carbonyl (C=O) groups is 1. The van der Waals surface area contributed by atoms with Crippen LogP contribution in [0.5, 0.6) is 0 Å². The zero-order valence-corrected chi connectivity index (χ0v) is 15.6. The summed E-state index contributed by atoms with van der Waals surface area (Å²) in [4.78, 5) is 10.9. The molecule has 0 aromatic heterocycles. The fourth-order valence-corrected chi connectivity index (χ4v) is 4.02. The number of aryl methyl sites for hydroxylation is 2. The zero-order chi connectivity index (χ0) is 20.1. The van der Waals surface area contributed by atoms with Crippen LogP contribution in [0.3, 0.4) is 0 Å². The van der Waals surface area contributed by atoms with Crippen LogP contribution in [0.1, 0.15) is 21.5 Å². The molecule has 0 saturated carbocycles. The molecule has 144 valence electrons. The minimum Gasteiger partial charge on any atom is -0.478 e. The van der Waals surface area contributed by atoms with E-state index in [0.717, 1.165) is 11.6 Å². The molecule has 0 saturated heterocycles. The van der Waals surface area contributed by atoms with E-state index in [1.54, 1.807) is 42.5 Å². The van der Waals surface area contributed by atoms with Crippen LogP contribution < -0.4 is 4.72 Å². The van der Waals surface area contributed by atoms with Gasteiger partial charge in [-0.05, 0) is 54.3 Å². The van der Waals surface area contributed by atoms with E-state index in [0.29, 0.717) is 24.1 Å². The summed E-state index contributed by atoms with van der Waals surface area (Å²) in [6, 6.07) is 18.7. The van der Waals surface area contributed by atoms with Gasteiger partial charge in [-0.25, -0.2) is 17.6 Å². The van der Waals surface area contributed by atoms with Crippen LogP contribution in [0.2, 0.25) is 0 Å². The number of rotatable bonds is 7. The number of halogens is 1. The van der Waals surface area contributed by atoms with Crippen molar-refractivity contribution < 1.29 is 22.7 Å². The molecule has 7 heteroatoms. The van der Waals surface area contributed by atoms with Gasteiger partial charge in [0.05, 0.1) is 5.56 Å². The largest absolute Gasteiger partial charge is 0.478 e. The molecule has 0 atom stereocenters. The Bertz CT molecular complexity index is 1110. The number of nitrogens with one attached hydrogen (secondary N) is 1. The normalized spacial score (nSPS) is 11.2. The third kappa shape index (κ3) is 4.55. The first-order valence-electron chi connectivity index (χ1n) is 8.54. The van der Waals surface area contributed by atoms with Crippen molar-refractivity contribution in [1.82, 2.24) is 0 Å². The molecule has 0 unspecified atom stereocenters. The third-order valence-electron chi connectivity index (χ3n) is 4.24. The van der Waals surface area contributed by atoms with E-state index in [2.05, 4.69) is 4.72 Å². The number of sulfonamides is 1. The van der Waals surface area contributed by atoms with Crippen molar-refractivity contribution in [3.8, 4) is 0 Å².